The van der Waals surface area contributed by atoms with Crippen molar-refractivity contribution in [2.45, 2.75) is 61.4 Å². The predicted octanol–water partition coefficient (Wildman–Crippen LogP) is 2.48. The number of hydrogen-bond acceptors (Lipinski definition) is 3. The third kappa shape index (κ3) is 8.47. The van der Waals surface area contributed by atoms with Gasteiger partial charge in [-0.05, 0) is 20.3 Å². The van der Waals surface area contributed by atoms with Gasteiger partial charge in [0, 0.05) is 5.41 Å². The molecule has 0 saturated carbocycles. The molecule has 112 valence electrons. The molecule has 5 nitrogen and oxygen atoms in total. The fourth-order valence-corrected chi connectivity index (χ4v) is 2.11. The van der Waals surface area contributed by atoms with Gasteiger partial charge in [0.05, 0.1) is 11.3 Å². The van der Waals surface area contributed by atoms with Crippen LogP contribution >= 0.6 is 0 Å². The molecule has 0 aliphatic heterocycles. The van der Waals surface area contributed by atoms with Gasteiger partial charge in [-0.3, -0.25) is 9.35 Å². The second-order valence-electron chi connectivity index (χ2n) is 5.30. The quantitative estimate of drug-likeness (QED) is 0.759. The highest BCUT2D eigenvalue weighted by molar-refractivity contribution is 7.85. The molecule has 18 heavy (non-hydrogen) atoms. The maximum absolute atomic E-state index is 11.8. The van der Waals surface area contributed by atoms with Crippen molar-refractivity contribution in [2.75, 3.05) is 5.75 Å². The summed E-state index contributed by atoms with van der Waals surface area (Å²) in [4.78, 5) is 11.8. The maximum atomic E-state index is 11.8. The van der Waals surface area contributed by atoms with Crippen LogP contribution in [0.3, 0.4) is 0 Å². The molecule has 0 spiro atoms. The van der Waals surface area contributed by atoms with E-state index in [1.54, 1.807) is 27.7 Å². The Morgan fingerprint density at radius 1 is 1.17 bits per heavy atom. The van der Waals surface area contributed by atoms with Crippen LogP contribution in [-0.4, -0.2) is 30.2 Å². The summed E-state index contributed by atoms with van der Waals surface area (Å²) in [6.07, 6.45) is 0.654. The lowest BCUT2D eigenvalue weighted by molar-refractivity contribution is -0.130. The van der Waals surface area contributed by atoms with Gasteiger partial charge in [-0.25, -0.2) is 0 Å². The number of rotatable bonds is 5. The molecule has 0 heterocycles. The molecule has 0 bridgehead atoms. The van der Waals surface area contributed by atoms with Gasteiger partial charge in [0.1, 0.15) is 0 Å². The Morgan fingerprint density at radius 3 is 1.83 bits per heavy atom. The zero-order valence-electron chi connectivity index (χ0n) is 10.5. The second kappa shape index (κ2) is 7.09. The van der Waals surface area contributed by atoms with Gasteiger partial charge in [0.15, 0.2) is 0 Å². The van der Waals surface area contributed by atoms with E-state index in [4.69, 9.17) is 4.55 Å². The van der Waals surface area contributed by atoms with Crippen molar-refractivity contribution in [1.82, 2.24) is 5.32 Å². The first-order chi connectivity index (χ1) is 6.90. The van der Waals surface area contributed by atoms with Crippen LogP contribution in [0.4, 0.5) is 0 Å². The summed E-state index contributed by atoms with van der Waals surface area (Å²) in [5.41, 5.74) is -1.52. The summed E-state index contributed by atoms with van der Waals surface area (Å²) < 4.78 is 30.3. The van der Waals surface area contributed by atoms with Gasteiger partial charge in [-0.15, -0.1) is 0 Å². The Hall–Kier alpha value is -0.620. The average Bonchev–Trinajstić information content (AvgIpc) is 1.98. The van der Waals surface area contributed by atoms with E-state index in [2.05, 4.69) is 5.32 Å². The topological polar surface area (TPSA) is 83.5 Å². The minimum Gasteiger partial charge on any atom is -0.350 e. The highest BCUT2D eigenvalue weighted by Gasteiger charge is 2.32. The fourth-order valence-electron chi connectivity index (χ4n) is 1.13. The molecular formula is C12H29NO4S. The molecule has 0 aromatic rings. The Balaban J connectivity index is -0.00000112. The standard InChI is InChI=1S/C10H21NO4S.2CH4/c1-6-9(2,3)8(12)11-10(4,5)7-16(13,14)15;;/h6-7H2,1-5H3,(H,11,12)(H,13,14,15);2*1H4. The molecule has 0 atom stereocenters. The molecule has 6 heteroatoms. The van der Waals surface area contributed by atoms with Crippen molar-refractivity contribution in [1.29, 1.82) is 0 Å². The number of carbonyl (C=O) groups excluding carboxylic acids is 1. The van der Waals surface area contributed by atoms with E-state index in [-0.39, 0.29) is 20.8 Å². The highest BCUT2D eigenvalue weighted by atomic mass is 32.2. The van der Waals surface area contributed by atoms with E-state index in [0.717, 1.165) is 0 Å². The monoisotopic (exact) mass is 283 g/mol. The fraction of sp³-hybridized carbons (Fsp3) is 0.917. The van der Waals surface area contributed by atoms with Crippen molar-refractivity contribution < 1.29 is 17.8 Å². The van der Waals surface area contributed by atoms with Gasteiger partial charge in [0.25, 0.3) is 10.1 Å². The Morgan fingerprint density at radius 2 is 1.56 bits per heavy atom. The van der Waals surface area contributed by atoms with E-state index in [0.29, 0.717) is 6.42 Å². The smallest absolute Gasteiger partial charge is 0.267 e. The molecule has 2 N–H and O–H groups in total. The van der Waals surface area contributed by atoms with E-state index in [9.17, 15) is 13.2 Å². The van der Waals surface area contributed by atoms with Gasteiger partial charge in [0.2, 0.25) is 5.91 Å². The molecule has 0 unspecified atom stereocenters. The largest absolute Gasteiger partial charge is 0.350 e. The summed E-state index contributed by atoms with van der Waals surface area (Å²) in [6.45, 7) is 8.57. The molecular weight excluding hydrogens is 254 g/mol. The van der Waals surface area contributed by atoms with Gasteiger partial charge < -0.3 is 5.32 Å². The average molecular weight is 283 g/mol. The third-order valence-electron chi connectivity index (χ3n) is 2.49. The lowest BCUT2D eigenvalue weighted by atomic mass is 9.88. The van der Waals surface area contributed by atoms with E-state index >= 15 is 0 Å². The molecule has 0 aromatic heterocycles. The van der Waals surface area contributed by atoms with Gasteiger partial charge in [-0.1, -0.05) is 35.6 Å². The second-order valence-corrected chi connectivity index (χ2v) is 6.75. The molecule has 0 aromatic carbocycles. The lowest BCUT2D eigenvalue weighted by Gasteiger charge is -2.30. The Kier molecular flexibility index (Phi) is 8.88. The minimum atomic E-state index is -4.09. The van der Waals surface area contributed by atoms with Crippen molar-refractivity contribution in [3.05, 3.63) is 0 Å². The van der Waals surface area contributed by atoms with Crippen LogP contribution in [0.15, 0.2) is 0 Å². The summed E-state index contributed by atoms with van der Waals surface area (Å²) in [7, 11) is -4.09. The first kappa shape index (κ1) is 22.6. The predicted molar refractivity (Wildman–Crippen MR) is 76.2 cm³/mol. The van der Waals surface area contributed by atoms with Crippen molar-refractivity contribution >= 4 is 16.0 Å². The highest BCUT2D eigenvalue weighted by Crippen LogP contribution is 2.21. The summed E-state index contributed by atoms with van der Waals surface area (Å²) in [6, 6.07) is 0. The minimum absolute atomic E-state index is 0. The van der Waals surface area contributed by atoms with Gasteiger partial charge >= 0.3 is 0 Å². The normalized spacial score (nSPS) is 12.1. The first-order valence-electron chi connectivity index (χ1n) is 5.17. The van der Waals surface area contributed by atoms with E-state index < -0.39 is 26.8 Å². The summed E-state index contributed by atoms with van der Waals surface area (Å²) >= 11 is 0. The van der Waals surface area contributed by atoms with Crippen molar-refractivity contribution in [2.24, 2.45) is 5.41 Å². The van der Waals surface area contributed by atoms with Crippen molar-refractivity contribution in [3.63, 3.8) is 0 Å². The van der Waals surface area contributed by atoms with Crippen LogP contribution in [0.25, 0.3) is 0 Å². The SMILES string of the molecule is C.C.CCC(C)(C)C(=O)NC(C)(C)CS(=O)(=O)O. The maximum Gasteiger partial charge on any atom is 0.267 e. The Labute approximate surface area is 112 Å². The van der Waals surface area contributed by atoms with Gasteiger partial charge in [-0.2, -0.15) is 8.42 Å². The van der Waals surface area contributed by atoms with Crippen LogP contribution < -0.4 is 5.32 Å². The summed E-state index contributed by atoms with van der Waals surface area (Å²) in [5.74, 6) is -0.713. The molecule has 0 fully saturated rings. The number of carbonyl (C=O) groups is 1. The molecule has 0 aliphatic carbocycles. The molecule has 0 saturated heterocycles. The number of hydrogen-bond donors (Lipinski definition) is 2. The third-order valence-corrected chi connectivity index (χ3v) is 3.58. The van der Waals surface area contributed by atoms with E-state index in [1.165, 1.54) is 0 Å². The van der Waals surface area contributed by atoms with Crippen LogP contribution in [0.1, 0.15) is 55.9 Å². The zero-order valence-corrected chi connectivity index (χ0v) is 11.3. The van der Waals surface area contributed by atoms with E-state index in [1.807, 2.05) is 6.92 Å². The van der Waals surface area contributed by atoms with Crippen LogP contribution in [0.2, 0.25) is 0 Å². The van der Waals surface area contributed by atoms with Crippen LogP contribution in [-0.2, 0) is 14.9 Å². The molecule has 0 radical (unpaired) electrons. The number of amides is 1. The molecule has 0 rings (SSSR count). The summed E-state index contributed by atoms with van der Waals surface area (Å²) in [5, 5.41) is 2.63. The molecule has 0 aliphatic rings. The Bertz CT molecular complexity index is 358. The molecule has 1 amide bonds. The zero-order chi connectivity index (χ0) is 13.2. The van der Waals surface area contributed by atoms with Crippen LogP contribution in [0.5, 0.6) is 0 Å². The number of nitrogens with one attached hydrogen (secondary N) is 1. The van der Waals surface area contributed by atoms with Crippen LogP contribution in [0, 0.1) is 5.41 Å². The first-order valence-corrected chi connectivity index (χ1v) is 6.78. The lowest BCUT2D eigenvalue weighted by Crippen LogP contribution is -2.52. The van der Waals surface area contributed by atoms with Crippen molar-refractivity contribution in [3.8, 4) is 0 Å².